The summed E-state index contributed by atoms with van der Waals surface area (Å²) in [6.45, 7) is 2.51. The van der Waals surface area contributed by atoms with Gasteiger partial charge in [-0.1, -0.05) is 82.8 Å². The smallest absolute Gasteiger partial charge is 0.132 e. The van der Waals surface area contributed by atoms with Gasteiger partial charge in [0.05, 0.1) is 6.54 Å². The largest absolute Gasteiger partial charge is 0.300 e. The van der Waals surface area contributed by atoms with E-state index in [2.05, 4.69) is 6.92 Å². The highest BCUT2D eigenvalue weighted by molar-refractivity contribution is 5.78. The van der Waals surface area contributed by atoms with Crippen LogP contribution in [-0.2, 0) is 4.79 Å². The highest BCUT2D eigenvalue weighted by atomic mass is 16.8. The van der Waals surface area contributed by atoms with Gasteiger partial charge in [-0.25, -0.2) is 0 Å². The van der Waals surface area contributed by atoms with Gasteiger partial charge in [-0.2, -0.15) is 0 Å². The highest BCUT2D eigenvalue weighted by Crippen LogP contribution is 2.12. The average molecular weight is 330 g/mol. The van der Waals surface area contributed by atoms with Gasteiger partial charge in [0.2, 0.25) is 0 Å². The fraction of sp³-hybridized carbons (Fsp3) is 0.947. The van der Waals surface area contributed by atoms with Crippen LogP contribution in [0.1, 0.15) is 110 Å². The van der Waals surface area contributed by atoms with Gasteiger partial charge in [0.15, 0.2) is 0 Å². The lowest BCUT2D eigenvalue weighted by Crippen LogP contribution is -2.14. The number of ketones is 1. The monoisotopic (exact) mass is 329 g/mol. The summed E-state index contributed by atoms with van der Waals surface area (Å²) in [5, 5.41) is 17.3. The Hall–Kier alpha value is -0.450. The van der Waals surface area contributed by atoms with Crippen LogP contribution in [0.4, 0.5) is 0 Å². The standard InChI is InChI=1S/C19H39NO3/c1-2-3-4-5-6-7-8-9-10-11-13-16-19(21)17-14-12-15-18-20(22)23/h22-23H,2-18H2,1H3. The number of Topliss-reactive ketones (excluding diaryl/α,β-unsaturated/α-hetero) is 1. The minimum Gasteiger partial charge on any atom is -0.300 e. The Balaban J connectivity index is 3.14. The molecule has 0 bridgehead atoms. The zero-order valence-corrected chi connectivity index (χ0v) is 15.3. The molecular weight excluding hydrogens is 290 g/mol. The maximum absolute atomic E-state index is 11.7. The molecule has 0 atom stereocenters. The van der Waals surface area contributed by atoms with E-state index in [9.17, 15) is 4.79 Å². The SMILES string of the molecule is CCCCCCCCCCCCCC(=O)CCCCCN(O)O. The van der Waals surface area contributed by atoms with Gasteiger partial charge in [-0.3, -0.25) is 15.2 Å². The molecule has 0 radical (unpaired) electrons. The van der Waals surface area contributed by atoms with Crippen LogP contribution < -0.4 is 0 Å². The molecule has 0 aliphatic heterocycles. The minimum atomic E-state index is 0.215. The van der Waals surface area contributed by atoms with Gasteiger partial charge in [0.1, 0.15) is 5.78 Å². The summed E-state index contributed by atoms with van der Waals surface area (Å²) in [7, 11) is 0. The summed E-state index contributed by atoms with van der Waals surface area (Å²) >= 11 is 0. The van der Waals surface area contributed by atoms with Crippen LogP contribution in [0.5, 0.6) is 0 Å². The molecule has 0 aromatic heterocycles. The van der Waals surface area contributed by atoms with Crippen LogP contribution >= 0.6 is 0 Å². The summed E-state index contributed by atoms with van der Waals surface area (Å²) in [4.78, 5) is 11.7. The van der Waals surface area contributed by atoms with Gasteiger partial charge >= 0.3 is 0 Å². The van der Waals surface area contributed by atoms with Crippen LogP contribution in [-0.4, -0.2) is 28.0 Å². The summed E-state index contributed by atoms with van der Waals surface area (Å²) in [6, 6.07) is 0. The molecule has 4 nitrogen and oxygen atoms in total. The highest BCUT2D eigenvalue weighted by Gasteiger charge is 2.02. The first-order valence-electron chi connectivity index (χ1n) is 9.83. The van der Waals surface area contributed by atoms with Crippen LogP contribution in [0.2, 0.25) is 0 Å². The minimum absolute atomic E-state index is 0.215. The molecule has 0 fully saturated rings. The second kappa shape index (κ2) is 17.9. The molecule has 0 rings (SSSR count). The molecule has 2 N–H and O–H groups in total. The molecule has 0 saturated carbocycles. The number of hydrogen-bond donors (Lipinski definition) is 2. The summed E-state index contributed by atoms with van der Waals surface area (Å²) in [6.07, 6.45) is 18.3. The van der Waals surface area contributed by atoms with Crippen LogP contribution in [0.15, 0.2) is 0 Å². The summed E-state index contributed by atoms with van der Waals surface area (Å²) < 4.78 is 0. The van der Waals surface area contributed by atoms with E-state index >= 15 is 0 Å². The number of carbonyl (C=O) groups excluding carboxylic acids is 1. The molecule has 0 aliphatic rings. The third-order valence-electron chi connectivity index (χ3n) is 4.37. The predicted octanol–water partition coefficient (Wildman–Crippen LogP) is 5.90. The molecule has 0 aromatic rings. The normalized spacial score (nSPS) is 11.3. The lowest BCUT2D eigenvalue weighted by Gasteiger charge is -2.05. The third kappa shape index (κ3) is 19.5. The molecule has 0 unspecified atom stereocenters. The summed E-state index contributed by atoms with van der Waals surface area (Å²) in [5.74, 6) is 0.366. The Bertz CT molecular complexity index is 257. The first-order valence-corrected chi connectivity index (χ1v) is 9.83. The molecule has 23 heavy (non-hydrogen) atoms. The zero-order valence-electron chi connectivity index (χ0n) is 15.3. The van der Waals surface area contributed by atoms with Crippen molar-refractivity contribution in [1.82, 2.24) is 5.23 Å². The molecule has 0 saturated heterocycles. The van der Waals surface area contributed by atoms with Gasteiger partial charge < -0.3 is 0 Å². The Morgan fingerprint density at radius 2 is 1.04 bits per heavy atom. The number of rotatable bonds is 18. The van der Waals surface area contributed by atoms with Crippen LogP contribution in [0.3, 0.4) is 0 Å². The molecule has 0 spiro atoms. The molecule has 4 heteroatoms. The van der Waals surface area contributed by atoms with E-state index in [1.807, 2.05) is 0 Å². The predicted molar refractivity (Wildman–Crippen MR) is 94.8 cm³/mol. The Morgan fingerprint density at radius 1 is 0.652 bits per heavy atom. The van der Waals surface area contributed by atoms with Gasteiger partial charge in [-0.15, -0.1) is 0 Å². The second-order valence-electron chi connectivity index (χ2n) is 6.73. The van der Waals surface area contributed by atoms with Crippen molar-refractivity contribution in [1.29, 1.82) is 0 Å². The number of hydroxylamine groups is 2. The van der Waals surface area contributed by atoms with E-state index in [0.717, 1.165) is 32.1 Å². The second-order valence-corrected chi connectivity index (χ2v) is 6.73. The van der Waals surface area contributed by atoms with E-state index in [-0.39, 0.29) is 11.8 Å². The maximum atomic E-state index is 11.7. The Labute approximate surface area is 143 Å². The van der Waals surface area contributed by atoms with Crippen molar-refractivity contribution in [2.75, 3.05) is 6.54 Å². The molecule has 0 aromatic carbocycles. The Morgan fingerprint density at radius 3 is 1.48 bits per heavy atom. The fourth-order valence-electron chi connectivity index (χ4n) is 2.86. The van der Waals surface area contributed by atoms with E-state index < -0.39 is 0 Å². The van der Waals surface area contributed by atoms with Crippen molar-refractivity contribution in [3.05, 3.63) is 0 Å². The quantitative estimate of drug-likeness (QED) is 0.243. The molecule has 0 heterocycles. The number of unbranched alkanes of at least 4 members (excludes halogenated alkanes) is 12. The van der Waals surface area contributed by atoms with Crippen LogP contribution in [0.25, 0.3) is 0 Å². The van der Waals surface area contributed by atoms with Gasteiger partial charge in [-0.05, 0) is 19.3 Å². The van der Waals surface area contributed by atoms with Crippen molar-refractivity contribution in [3.63, 3.8) is 0 Å². The van der Waals surface area contributed by atoms with Crippen molar-refractivity contribution < 1.29 is 15.2 Å². The number of nitrogens with zero attached hydrogens (tertiary/aromatic N) is 1. The van der Waals surface area contributed by atoms with E-state index in [4.69, 9.17) is 10.4 Å². The zero-order chi connectivity index (χ0) is 17.2. The van der Waals surface area contributed by atoms with Crippen LogP contribution in [0, 0.1) is 0 Å². The molecular formula is C19H39NO3. The first-order chi connectivity index (χ1) is 11.2. The van der Waals surface area contributed by atoms with Gasteiger partial charge in [0, 0.05) is 12.8 Å². The van der Waals surface area contributed by atoms with E-state index in [1.54, 1.807) is 0 Å². The van der Waals surface area contributed by atoms with Crippen molar-refractivity contribution in [3.8, 4) is 0 Å². The average Bonchev–Trinajstić information content (AvgIpc) is 2.52. The molecule has 138 valence electrons. The van der Waals surface area contributed by atoms with E-state index in [1.165, 1.54) is 64.2 Å². The molecule has 0 aliphatic carbocycles. The molecule has 0 amide bonds. The first kappa shape index (κ1) is 22.6. The lowest BCUT2D eigenvalue weighted by molar-refractivity contribution is -0.306. The topological polar surface area (TPSA) is 60.8 Å². The van der Waals surface area contributed by atoms with E-state index in [0.29, 0.717) is 12.2 Å². The van der Waals surface area contributed by atoms with Crippen molar-refractivity contribution >= 4 is 5.78 Å². The lowest BCUT2D eigenvalue weighted by atomic mass is 10.0. The van der Waals surface area contributed by atoms with Crippen molar-refractivity contribution in [2.24, 2.45) is 0 Å². The van der Waals surface area contributed by atoms with Gasteiger partial charge in [0.25, 0.3) is 0 Å². The summed E-state index contributed by atoms with van der Waals surface area (Å²) in [5.41, 5.74) is 0. The number of carbonyl (C=O) groups is 1. The maximum Gasteiger partial charge on any atom is 0.132 e. The number of hydrogen-bond acceptors (Lipinski definition) is 4. The fourth-order valence-corrected chi connectivity index (χ4v) is 2.86. The Kier molecular flexibility index (Phi) is 17.5. The van der Waals surface area contributed by atoms with Crippen molar-refractivity contribution in [2.45, 2.75) is 110 Å². The third-order valence-corrected chi connectivity index (χ3v) is 4.37.